The lowest BCUT2D eigenvalue weighted by atomic mass is 9.99. The normalized spacial score (nSPS) is 18.1. The third-order valence-electron chi connectivity index (χ3n) is 5.40. The van der Waals surface area contributed by atoms with Crippen LogP contribution in [-0.2, 0) is 20.9 Å². The monoisotopic (exact) mass is 468 g/mol. The number of pyridine rings is 1. The summed E-state index contributed by atoms with van der Waals surface area (Å²) in [5.41, 5.74) is -0.491. The van der Waals surface area contributed by atoms with E-state index in [1.807, 2.05) is 0 Å². The Balaban J connectivity index is 1.65. The third-order valence-corrected chi connectivity index (χ3v) is 7.26. The molecular weight excluding hydrogens is 449 g/mol. The van der Waals surface area contributed by atoms with Crippen molar-refractivity contribution in [3.05, 3.63) is 59.5 Å². The van der Waals surface area contributed by atoms with Crippen molar-refractivity contribution in [3.8, 4) is 0 Å². The van der Waals surface area contributed by atoms with Crippen molar-refractivity contribution in [2.24, 2.45) is 0 Å². The summed E-state index contributed by atoms with van der Waals surface area (Å²) in [6.45, 7) is 0.271. The van der Waals surface area contributed by atoms with Gasteiger partial charge in [0.25, 0.3) is 0 Å². The SMILES string of the molecule is COC(=O)c1cccc(S(=O)(=O)N2CCC[C@@H](c3nnc4ccc(C(F)(F)F)cn34)C2)c1. The molecule has 1 aliphatic heterocycles. The first-order valence-electron chi connectivity index (χ1n) is 9.71. The van der Waals surface area contributed by atoms with E-state index in [9.17, 15) is 26.4 Å². The van der Waals surface area contributed by atoms with Crippen LogP contribution in [0.25, 0.3) is 5.65 Å². The molecule has 4 rings (SSSR count). The Morgan fingerprint density at radius 2 is 1.97 bits per heavy atom. The van der Waals surface area contributed by atoms with Gasteiger partial charge < -0.3 is 4.74 Å². The first-order valence-corrected chi connectivity index (χ1v) is 11.2. The molecule has 1 aliphatic rings. The fourth-order valence-corrected chi connectivity index (χ4v) is 5.35. The molecular formula is C20H19F3N4O4S. The van der Waals surface area contributed by atoms with Crippen LogP contribution >= 0.6 is 0 Å². The first-order chi connectivity index (χ1) is 15.1. The van der Waals surface area contributed by atoms with Crippen LogP contribution in [0, 0.1) is 0 Å². The third kappa shape index (κ3) is 4.07. The predicted octanol–water partition coefficient (Wildman–Crippen LogP) is 3.10. The number of carbonyl (C=O) groups excluding carboxylic acids is 1. The lowest BCUT2D eigenvalue weighted by molar-refractivity contribution is -0.137. The molecule has 3 aromatic rings. The van der Waals surface area contributed by atoms with Crippen LogP contribution in [0.15, 0.2) is 47.5 Å². The maximum Gasteiger partial charge on any atom is 0.417 e. The Labute approximate surface area is 181 Å². The van der Waals surface area contributed by atoms with E-state index in [2.05, 4.69) is 14.9 Å². The van der Waals surface area contributed by atoms with Crippen molar-refractivity contribution in [1.82, 2.24) is 18.9 Å². The second kappa shape index (κ2) is 8.17. The summed E-state index contributed by atoms with van der Waals surface area (Å²) in [7, 11) is -2.75. The predicted molar refractivity (Wildman–Crippen MR) is 107 cm³/mol. The standard InChI is InChI=1S/C20H19F3N4O4S/c1-31-19(28)13-4-2-6-16(10-13)32(29,30)26-9-3-5-14(11-26)18-25-24-17-8-7-15(12-27(17)18)20(21,22)23/h2,4,6-8,10,12,14H,3,5,9,11H2,1H3/t14-/m1/s1. The van der Waals surface area contributed by atoms with Gasteiger partial charge in [0.1, 0.15) is 5.82 Å². The van der Waals surface area contributed by atoms with Crippen molar-refractivity contribution >= 4 is 21.6 Å². The molecule has 1 saturated heterocycles. The lowest BCUT2D eigenvalue weighted by Gasteiger charge is -2.31. The van der Waals surface area contributed by atoms with E-state index in [4.69, 9.17) is 0 Å². The number of aromatic nitrogens is 3. The second-order valence-electron chi connectivity index (χ2n) is 7.42. The summed E-state index contributed by atoms with van der Waals surface area (Å²) in [6, 6.07) is 7.69. The zero-order valence-electron chi connectivity index (χ0n) is 16.9. The van der Waals surface area contributed by atoms with Crippen molar-refractivity contribution in [3.63, 3.8) is 0 Å². The Hall–Kier alpha value is -2.99. The number of nitrogens with zero attached hydrogens (tertiary/aromatic N) is 4. The summed E-state index contributed by atoms with van der Waals surface area (Å²) in [4.78, 5) is 11.7. The molecule has 0 bridgehead atoms. The van der Waals surface area contributed by atoms with Gasteiger partial charge in [-0.05, 0) is 43.2 Å². The minimum atomic E-state index is -4.53. The van der Waals surface area contributed by atoms with Gasteiger partial charge in [-0.2, -0.15) is 17.5 Å². The molecule has 0 unspecified atom stereocenters. The van der Waals surface area contributed by atoms with Crippen LogP contribution in [0.4, 0.5) is 13.2 Å². The average Bonchev–Trinajstić information content (AvgIpc) is 3.21. The largest absolute Gasteiger partial charge is 0.465 e. The number of ether oxygens (including phenoxy) is 1. The van der Waals surface area contributed by atoms with Crippen molar-refractivity contribution in [1.29, 1.82) is 0 Å². The van der Waals surface area contributed by atoms with Gasteiger partial charge in [-0.1, -0.05) is 6.07 Å². The Kier molecular flexibility index (Phi) is 5.67. The summed E-state index contributed by atoms with van der Waals surface area (Å²) < 4.78 is 73.0. The molecule has 0 amide bonds. The van der Waals surface area contributed by atoms with Gasteiger partial charge >= 0.3 is 12.1 Å². The van der Waals surface area contributed by atoms with Crippen LogP contribution in [0.2, 0.25) is 0 Å². The fourth-order valence-electron chi connectivity index (χ4n) is 3.78. The first kappa shape index (κ1) is 22.2. The van der Waals surface area contributed by atoms with Gasteiger partial charge in [-0.25, -0.2) is 13.2 Å². The molecule has 0 N–H and O–H groups in total. The maximum absolute atomic E-state index is 13.2. The summed E-state index contributed by atoms with van der Waals surface area (Å²) in [5.74, 6) is -0.830. The molecule has 0 radical (unpaired) electrons. The minimum Gasteiger partial charge on any atom is -0.465 e. The molecule has 3 heterocycles. The van der Waals surface area contributed by atoms with E-state index in [0.29, 0.717) is 12.8 Å². The van der Waals surface area contributed by atoms with E-state index in [1.165, 1.54) is 46.1 Å². The number of halogens is 3. The van der Waals surface area contributed by atoms with Crippen molar-refractivity contribution < 1.29 is 31.1 Å². The molecule has 0 spiro atoms. The average molecular weight is 468 g/mol. The minimum absolute atomic E-state index is 0.0296. The number of alkyl halides is 3. The van der Waals surface area contributed by atoms with Crippen molar-refractivity contribution in [2.75, 3.05) is 20.2 Å². The van der Waals surface area contributed by atoms with Gasteiger partial charge in [-0.15, -0.1) is 10.2 Å². The van der Waals surface area contributed by atoms with E-state index < -0.39 is 33.7 Å². The lowest BCUT2D eigenvalue weighted by Crippen LogP contribution is -2.39. The summed E-state index contributed by atoms with van der Waals surface area (Å²) in [6.07, 6.45) is -2.56. The number of carbonyl (C=O) groups is 1. The molecule has 12 heteroatoms. The summed E-state index contributed by atoms with van der Waals surface area (Å²) in [5, 5.41) is 7.97. The molecule has 1 atom stereocenters. The molecule has 1 fully saturated rings. The van der Waals surface area contributed by atoms with Crippen LogP contribution in [0.3, 0.4) is 0 Å². The van der Waals surface area contributed by atoms with E-state index in [-0.39, 0.29) is 35.0 Å². The topological polar surface area (TPSA) is 93.9 Å². The van der Waals surface area contributed by atoms with E-state index >= 15 is 0 Å². The highest BCUT2D eigenvalue weighted by molar-refractivity contribution is 7.89. The van der Waals surface area contributed by atoms with Crippen LogP contribution < -0.4 is 0 Å². The number of benzene rings is 1. The quantitative estimate of drug-likeness (QED) is 0.547. The van der Waals surface area contributed by atoms with E-state index in [1.54, 1.807) is 0 Å². The van der Waals surface area contributed by atoms with Gasteiger partial charge in [0, 0.05) is 25.2 Å². The highest BCUT2D eigenvalue weighted by atomic mass is 32.2. The number of hydrogen-bond donors (Lipinski definition) is 0. The molecule has 170 valence electrons. The number of piperidine rings is 1. The van der Waals surface area contributed by atoms with Crippen LogP contribution in [0.1, 0.15) is 40.5 Å². The maximum atomic E-state index is 13.2. The van der Waals surface area contributed by atoms with Gasteiger partial charge in [0.05, 0.1) is 23.1 Å². The van der Waals surface area contributed by atoms with E-state index in [0.717, 1.165) is 12.3 Å². The van der Waals surface area contributed by atoms with Gasteiger partial charge in [-0.3, -0.25) is 4.40 Å². The number of sulfonamides is 1. The van der Waals surface area contributed by atoms with Crippen LogP contribution in [0.5, 0.6) is 0 Å². The molecule has 0 aliphatic carbocycles. The molecule has 32 heavy (non-hydrogen) atoms. The highest BCUT2D eigenvalue weighted by Crippen LogP contribution is 2.32. The number of methoxy groups -OCH3 is 1. The summed E-state index contributed by atoms with van der Waals surface area (Å²) >= 11 is 0. The molecule has 0 saturated carbocycles. The molecule has 8 nitrogen and oxygen atoms in total. The van der Waals surface area contributed by atoms with Gasteiger partial charge in [0.15, 0.2) is 5.65 Å². The zero-order chi connectivity index (χ0) is 23.1. The Morgan fingerprint density at radius 1 is 1.19 bits per heavy atom. The smallest absolute Gasteiger partial charge is 0.417 e. The Morgan fingerprint density at radius 3 is 2.69 bits per heavy atom. The number of esters is 1. The number of fused-ring (bicyclic) bond motifs is 1. The number of rotatable bonds is 4. The Bertz CT molecular complexity index is 1270. The fraction of sp³-hybridized carbons (Fsp3) is 0.350. The zero-order valence-corrected chi connectivity index (χ0v) is 17.7. The second-order valence-corrected chi connectivity index (χ2v) is 9.36. The van der Waals surface area contributed by atoms with Crippen LogP contribution in [-0.4, -0.2) is 53.5 Å². The van der Waals surface area contributed by atoms with Gasteiger partial charge in [0.2, 0.25) is 10.0 Å². The number of hydrogen-bond acceptors (Lipinski definition) is 6. The van der Waals surface area contributed by atoms with Crippen molar-refractivity contribution in [2.45, 2.75) is 29.8 Å². The highest BCUT2D eigenvalue weighted by Gasteiger charge is 2.35. The molecule has 2 aromatic heterocycles. The molecule has 1 aromatic carbocycles.